The van der Waals surface area contributed by atoms with Crippen LogP contribution >= 0.6 is 0 Å². The fraction of sp³-hybridized carbons (Fsp3) is 0.565. The smallest absolute Gasteiger partial charge is 0.334 e. The Kier molecular flexibility index (Phi) is 8.00. The van der Waals surface area contributed by atoms with E-state index < -0.39 is 29.0 Å². The Bertz CT molecular complexity index is 697. The normalized spacial score (nSPS) is 16.1. The molecule has 0 unspecified atom stereocenters. The number of Topliss-reactive ketones (excluding diaryl/α,β-unsaturated/α-hetero) is 1. The zero-order valence-electron chi connectivity index (χ0n) is 18.3. The van der Waals surface area contributed by atoms with E-state index in [9.17, 15) is 14.7 Å². The summed E-state index contributed by atoms with van der Waals surface area (Å²) in [5.74, 6) is -1.44. The molecule has 0 radical (unpaired) electrons. The van der Waals surface area contributed by atoms with E-state index in [0.717, 1.165) is 5.56 Å². The number of allylic oxidation sites excluding steroid dienone is 1. The molecule has 0 spiro atoms. The lowest BCUT2D eigenvalue weighted by molar-refractivity contribution is -0.148. The van der Waals surface area contributed by atoms with Crippen LogP contribution in [-0.4, -0.2) is 35.7 Å². The molecule has 0 aromatic heterocycles. The van der Waals surface area contributed by atoms with E-state index >= 15 is 0 Å². The molecule has 1 N–H and O–H groups in total. The zero-order chi connectivity index (χ0) is 21.7. The Morgan fingerprint density at radius 2 is 1.57 bits per heavy atom. The van der Waals surface area contributed by atoms with Crippen LogP contribution < -0.4 is 0 Å². The van der Waals surface area contributed by atoms with E-state index in [1.165, 1.54) is 13.2 Å². The summed E-state index contributed by atoms with van der Waals surface area (Å²) in [6.45, 7) is 12.3. The van der Waals surface area contributed by atoms with Gasteiger partial charge in [0, 0.05) is 11.8 Å². The van der Waals surface area contributed by atoms with Gasteiger partial charge >= 0.3 is 5.97 Å². The van der Waals surface area contributed by atoms with Gasteiger partial charge in [0.15, 0.2) is 5.78 Å². The first kappa shape index (κ1) is 23.9. The predicted molar refractivity (Wildman–Crippen MR) is 110 cm³/mol. The predicted octanol–water partition coefficient (Wildman–Crippen LogP) is 4.25. The Morgan fingerprint density at radius 3 is 2.04 bits per heavy atom. The van der Waals surface area contributed by atoms with Crippen molar-refractivity contribution >= 4 is 11.8 Å². The molecular weight excluding hydrogens is 356 g/mol. The number of carbonyl (C=O) groups excluding carboxylic acids is 2. The van der Waals surface area contributed by atoms with E-state index in [1.807, 2.05) is 37.3 Å². The van der Waals surface area contributed by atoms with E-state index in [2.05, 4.69) is 0 Å². The molecule has 156 valence electrons. The minimum absolute atomic E-state index is 0.207. The van der Waals surface area contributed by atoms with Gasteiger partial charge in [0.2, 0.25) is 0 Å². The van der Waals surface area contributed by atoms with E-state index in [-0.39, 0.29) is 17.5 Å². The van der Waals surface area contributed by atoms with Crippen LogP contribution in [0.4, 0.5) is 0 Å². The number of rotatable bonds is 8. The number of aliphatic hydroxyl groups excluding tert-OH is 1. The zero-order valence-corrected chi connectivity index (χ0v) is 18.3. The SMILES string of the molecule is CO/C(=C\C(=O)OC(C)(C)C)C(C)(C)C(=O)[C@H](C)[C@@H](O)[C@H](C)c1ccccc1. The maximum atomic E-state index is 13.2. The minimum atomic E-state index is -1.09. The summed E-state index contributed by atoms with van der Waals surface area (Å²) in [4.78, 5) is 25.3. The highest BCUT2D eigenvalue weighted by molar-refractivity contribution is 5.91. The van der Waals surface area contributed by atoms with Gasteiger partial charge in [-0.15, -0.1) is 0 Å². The molecule has 1 aromatic carbocycles. The van der Waals surface area contributed by atoms with Gasteiger partial charge in [0.25, 0.3) is 0 Å². The van der Waals surface area contributed by atoms with Crippen LogP contribution in [0.1, 0.15) is 59.9 Å². The number of methoxy groups -OCH3 is 1. The maximum Gasteiger partial charge on any atom is 0.334 e. The molecule has 0 aliphatic rings. The first-order valence-corrected chi connectivity index (χ1v) is 9.57. The Balaban J connectivity index is 3.03. The summed E-state index contributed by atoms with van der Waals surface area (Å²) >= 11 is 0. The van der Waals surface area contributed by atoms with E-state index in [0.29, 0.717) is 0 Å². The number of hydrogen-bond donors (Lipinski definition) is 1. The van der Waals surface area contributed by atoms with Gasteiger partial charge in [0.05, 0.1) is 24.7 Å². The van der Waals surface area contributed by atoms with Crippen LogP contribution in [0.5, 0.6) is 0 Å². The summed E-state index contributed by atoms with van der Waals surface area (Å²) < 4.78 is 10.6. The summed E-state index contributed by atoms with van der Waals surface area (Å²) in [5.41, 5.74) is -0.777. The van der Waals surface area contributed by atoms with E-state index in [1.54, 1.807) is 41.5 Å². The van der Waals surface area contributed by atoms with Crippen LogP contribution in [0.15, 0.2) is 42.2 Å². The van der Waals surface area contributed by atoms with Gasteiger partial charge in [-0.2, -0.15) is 0 Å². The molecule has 28 heavy (non-hydrogen) atoms. The van der Waals surface area contributed by atoms with Crippen LogP contribution in [0.2, 0.25) is 0 Å². The maximum absolute atomic E-state index is 13.2. The fourth-order valence-corrected chi connectivity index (χ4v) is 3.17. The van der Waals surface area contributed by atoms with Crippen molar-refractivity contribution in [1.29, 1.82) is 0 Å². The van der Waals surface area contributed by atoms with Gasteiger partial charge in [-0.25, -0.2) is 4.79 Å². The van der Waals surface area contributed by atoms with Crippen molar-refractivity contribution in [2.45, 2.75) is 66.1 Å². The van der Waals surface area contributed by atoms with Crippen molar-refractivity contribution in [2.24, 2.45) is 11.3 Å². The first-order valence-electron chi connectivity index (χ1n) is 9.57. The Morgan fingerprint density at radius 1 is 1.04 bits per heavy atom. The molecule has 0 amide bonds. The second kappa shape index (κ2) is 9.37. The second-order valence-electron chi connectivity index (χ2n) is 8.71. The van der Waals surface area contributed by atoms with Crippen molar-refractivity contribution in [3.8, 4) is 0 Å². The molecule has 0 saturated carbocycles. The molecule has 0 saturated heterocycles. The van der Waals surface area contributed by atoms with Gasteiger partial charge in [-0.05, 0) is 40.2 Å². The molecule has 1 aromatic rings. The third-order valence-corrected chi connectivity index (χ3v) is 4.87. The summed E-state index contributed by atoms with van der Waals surface area (Å²) in [6, 6.07) is 9.58. The minimum Gasteiger partial charge on any atom is -0.500 e. The molecule has 5 heteroatoms. The van der Waals surface area contributed by atoms with Crippen molar-refractivity contribution in [1.82, 2.24) is 0 Å². The van der Waals surface area contributed by atoms with Gasteiger partial charge in [-0.3, -0.25) is 4.79 Å². The van der Waals surface area contributed by atoms with Gasteiger partial charge in [-0.1, -0.05) is 44.2 Å². The van der Waals surface area contributed by atoms with Crippen molar-refractivity contribution in [2.75, 3.05) is 7.11 Å². The average molecular weight is 391 g/mol. The van der Waals surface area contributed by atoms with E-state index in [4.69, 9.17) is 9.47 Å². The highest BCUT2D eigenvalue weighted by Crippen LogP contribution is 2.35. The first-order chi connectivity index (χ1) is 12.8. The standard InChI is InChI=1S/C23H34O5/c1-15(17-12-10-9-11-13-17)20(25)16(2)21(26)23(6,7)18(27-8)14-19(24)28-22(3,4)5/h9-16,20,25H,1-8H3/b18-14-/t15-,16-,20+/m1/s1. The largest absolute Gasteiger partial charge is 0.500 e. The number of aliphatic hydroxyl groups is 1. The average Bonchev–Trinajstić information content (AvgIpc) is 2.62. The van der Waals surface area contributed by atoms with Gasteiger partial charge < -0.3 is 14.6 Å². The molecule has 0 bridgehead atoms. The van der Waals surface area contributed by atoms with Crippen LogP contribution in [0, 0.1) is 11.3 Å². The van der Waals surface area contributed by atoms with Crippen LogP contribution in [-0.2, 0) is 19.1 Å². The number of carbonyl (C=O) groups is 2. The lowest BCUT2D eigenvalue weighted by Gasteiger charge is -2.32. The molecular formula is C23H34O5. The van der Waals surface area contributed by atoms with Crippen LogP contribution in [0.3, 0.4) is 0 Å². The molecule has 0 fully saturated rings. The summed E-state index contributed by atoms with van der Waals surface area (Å²) in [7, 11) is 1.42. The quantitative estimate of drug-likeness (QED) is 0.408. The molecule has 3 atom stereocenters. The third kappa shape index (κ3) is 6.20. The molecule has 5 nitrogen and oxygen atoms in total. The topological polar surface area (TPSA) is 72.8 Å². The highest BCUT2D eigenvalue weighted by atomic mass is 16.6. The highest BCUT2D eigenvalue weighted by Gasteiger charge is 2.40. The van der Waals surface area contributed by atoms with Crippen molar-refractivity contribution in [3.05, 3.63) is 47.7 Å². The lowest BCUT2D eigenvalue weighted by atomic mass is 9.75. The Hall–Kier alpha value is -2.14. The molecule has 0 aliphatic carbocycles. The Labute approximate surface area is 168 Å². The molecule has 1 rings (SSSR count). The van der Waals surface area contributed by atoms with Crippen molar-refractivity contribution in [3.63, 3.8) is 0 Å². The second-order valence-corrected chi connectivity index (χ2v) is 8.71. The molecule has 0 heterocycles. The number of hydrogen-bond acceptors (Lipinski definition) is 5. The number of esters is 1. The van der Waals surface area contributed by atoms with Crippen molar-refractivity contribution < 1.29 is 24.2 Å². The number of benzene rings is 1. The van der Waals surface area contributed by atoms with Gasteiger partial charge in [0.1, 0.15) is 11.4 Å². The fourth-order valence-electron chi connectivity index (χ4n) is 3.17. The lowest BCUT2D eigenvalue weighted by Crippen LogP contribution is -2.39. The summed E-state index contributed by atoms with van der Waals surface area (Å²) in [5, 5.41) is 10.8. The third-order valence-electron chi connectivity index (χ3n) is 4.87. The van der Waals surface area contributed by atoms with Crippen LogP contribution in [0.25, 0.3) is 0 Å². The number of ether oxygens (including phenoxy) is 2. The monoisotopic (exact) mass is 390 g/mol. The molecule has 0 aliphatic heterocycles. The number of ketones is 1. The summed E-state index contributed by atoms with van der Waals surface area (Å²) in [6.07, 6.45) is 0.344.